The highest BCUT2D eigenvalue weighted by atomic mass is 16.5. The number of carboxylic acid groups (broad SMARTS) is 1. The van der Waals surface area contributed by atoms with Gasteiger partial charge in [-0.15, -0.1) is 0 Å². The molecule has 0 aliphatic heterocycles. The summed E-state index contributed by atoms with van der Waals surface area (Å²) in [5, 5.41) is 9.05. The van der Waals surface area contributed by atoms with Crippen molar-refractivity contribution in [3.63, 3.8) is 0 Å². The lowest BCUT2D eigenvalue weighted by molar-refractivity contribution is 0.0697. The van der Waals surface area contributed by atoms with E-state index in [-0.39, 0.29) is 11.3 Å². The van der Waals surface area contributed by atoms with Gasteiger partial charge in [-0.3, -0.25) is 0 Å². The molecule has 1 aliphatic rings. The molecule has 0 amide bonds. The molecule has 0 atom stereocenters. The lowest BCUT2D eigenvalue weighted by atomic mass is 10.1. The molecule has 20 heavy (non-hydrogen) atoms. The van der Waals surface area contributed by atoms with E-state index in [0.29, 0.717) is 5.75 Å². The van der Waals surface area contributed by atoms with Gasteiger partial charge in [0.2, 0.25) is 0 Å². The molecular formula is C16H15NO3. The summed E-state index contributed by atoms with van der Waals surface area (Å²) in [4.78, 5) is 11.0. The fourth-order valence-corrected chi connectivity index (χ4v) is 2.53. The molecule has 4 nitrogen and oxygen atoms in total. The highest BCUT2D eigenvalue weighted by Crippen LogP contribution is 2.30. The molecule has 0 unspecified atom stereocenters. The summed E-state index contributed by atoms with van der Waals surface area (Å²) < 4.78 is 5.73. The van der Waals surface area contributed by atoms with Crippen molar-refractivity contribution in [2.24, 2.45) is 0 Å². The average Bonchev–Trinajstić information content (AvgIpc) is 2.88. The van der Waals surface area contributed by atoms with Crippen molar-refractivity contribution in [3.8, 4) is 11.5 Å². The van der Waals surface area contributed by atoms with Crippen LogP contribution in [0.4, 0.5) is 5.69 Å². The van der Waals surface area contributed by atoms with Crippen LogP contribution in [0.2, 0.25) is 0 Å². The maximum absolute atomic E-state index is 11.0. The molecule has 0 radical (unpaired) electrons. The molecule has 4 heteroatoms. The number of nitrogens with two attached hydrogens (primary N) is 1. The Morgan fingerprint density at radius 2 is 1.75 bits per heavy atom. The third-order valence-electron chi connectivity index (χ3n) is 3.56. The number of anilines is 1. The van der Waals surface area contributed by atoms with E-state index >= 15 is 0 Å². The van der Waals surface area contributed by atoms with Gasteiger partial charge in [-0.25, -0.2) is 4.79 Å². The van der Waals surface area contributed by atoms with Crippen molar-refractivity contribution >= 4 is 11.7 Å². The van der Waals surface area contributed by atoms with Crippen molar-refractivity contribution in [3.05, 3.63) is 53.1 Å². The van der Waals surface area contributed by atoms with Crippen LogP contribution in [0, 0.1) is 0 Å². The monoisotopic (exact) mass is 269 g/mol. The predicted octanol–water partition coefficient (Wildman–Crippen LogP) is 3.25. The minimum absolute atomic E-state index is 0.0589. The fraction of sp³-hybridized carbons (Fsp3) is 0.188. The molecule has 3 rings (SSSR count). The zero-order valence-corrected chi connectivity index (χ0v) is 10.9. The second-order valence-corrected chi connectivity index (χ2v) is 4.94. The third kappa shape index (κ3) is 2.32. The number of nitrogen functional groups attached to an aromatic ring is 1. The van der Waals surface area contributed by atoms with Gasteiger partial charge in [0, 0.05) is 5.69 Å². The van der Waals surface area contributed by atoms with Gasteiger partial charge in [0.1, 0.15) is 11.5 Å². The Bertz CT molecular complexity index is 679. The van der Waals surface area contributed by atoms with Gasteiger partial charge < -0.3 is 15.6 Å². The van der Waals surface area contributed by atoms with Crippen LogP contribution < -0.4 is 10.5 Å². The molecule has 0 saturated carbocycles. The van der Waals surface area contributed by atoms with Gasteiger partial charge in [0.05, 0.1) is 5.56 Å². The van der Waals surface area contributed by atoms with E-state index < -0.39 is 5.97 Å². The van der Waals surface area contributed by atoms with Gasteiger partial charge >= 0.3 is 5.97 Å². The van der Waals surface area contributed by atoms with Crippen LogP contribution >= 0.6 is 0 Å². The molecule has 3 N–H and O–H groups in total. The zero-order chi connectivity index (χ0) is 14.1. The summed E-state index contributed by atoms with van der Waals surface area (Å²) in [6.07, 6.45) is 3.39. The number of rotatable bonds is 3. The van der Waals surface area contributed by atoms with Crippen molar-refractivity contribution in [2.75, 3.05) is 5.73 Å². The summed E-state index contributed by atoms with van der Waals surface area (Å²) in [6.45, 7) is 0. The van der Waals surface area contributed by atoms with E-state index in [0.717, 1.165) is 18.6 Å². The third-order valence-corrected chi connectivity index (χ3v) is 3.56. The number of carboxylic acids is 1. The Labute approximate surface area is 116 Å². The van der Waals surface area contributed by atoms with Crippen molar-refractivity contribution < 1.29 is 14.6 Å². The number of hydrogen-bond donors (Lipinski definition) is 2. The highest BCUT2D eigenvalue weighted by Gasteiger charge is 2.13. The smallest absolute Gasteiger partial charge is 0.337 e. The zero-order valence-electron chi connectivity index (χ0n) is 10.9. The van der Waals surface area contributed by atoms with Crippen LogP contribution in [0.5, 0.6) is 11.5 Å². The number of hydrogen-bond acceptors (Lipinski definition) is 3. The van der Waals surface area contributed by atoms with E-state index in [9.17, 15) is 4.79 Å². The summed E-state index contributed by atoms with van der Waals surface area (Å²) in [6, 6.07) is 10.7. The Balaban J connectivity index is 1.88. The van der Waals surface area contributed by atoms with E-state index in [1.807, 2.05) is 12.1 Å². The molecule has 0 aromatic heterocycles. The van der Waals surface area contributed by atoms with Crippen molar-refractivity contribution in [1.82, 2.24) is 0 Å². The number of carbonyl (C=O) groups is 1. The normalized spacial score (nSPS) is 13.0. The van der Waals surface area contributed by atoms with E-state index in [4.69, 9.17) is 15.6 Å². The number of aromatic carboxylic acids is 1. The molecule has 0 bridgehead atoms. The molecular weight excluding hydrogens is 254 g/mol. The summed E-state index contributed by atoms with van der Waals surface area (Å²) in [5.74, 6) is 0.156. The molecule has 0 saturated heterocycles. The first-order valence-corrected chi connectivity index (χ1v) is 6.56. The summed E-state index contributed by atoms with van der Waals surface area (Å²) >= 11 is 0. The van der Waals surface area contributed by atoms with Crippen LogP contribution in [0.15, 0.2) is 36.4 Å². The molecule has 0 spiro atoms. The van der Waals surface area contributed by atoms with Crippen LogP contribution in [-0.2, 0) is 12.8 Å². The van der Waals surface area contributed by atoms with Crippen LogP contribution in [0.25, 0.3) is 0 Å². The lowest BCUT2D eigenvalue weighted by Gasteiger charge is -2.09. The van der Waals surface area contributed by atoms with E-state index in [1.54, 1.807) is 12.1 Å². The number of aryl methyl sites for hydroxylation is 2. The Morgan fingerprint density at radius 3 is 2.55 bits per heavy atom. The first-order chi connectivity index (χ1) is 9.63. The maximum atomic E-state index is 11.0. The van der Waals surface area contributed by atoms with Gasteiger partial charge in [-0.05, 0) is 60.7 Å². The van der Waals surface area contributed by atoms with Gasteiger partial charge in [-0.1, -0.05) is 6.07 Å². The largest absolute Gasteiger partial charge is 0.478 e. The maximum Gasteiger partial charge on any atom is 0.337 e. The lowest BCUT2D eigenvalue weighted by Crippen LogP contribution is -2.02. The average molecular weight is 269 g/mol. The molecule has 2 aromatic carbocycles. The quantitative estimate of drug-likeness (QED) is 0.839. The first kappa shape index (κ1) is 12.5. The van der Waals surface area contributed by atoms with Crippen molar-refractivity contribution in [2.45, 2.75) is 19.3 Å². The molecule has 2 aromatic rings. The van der Waals surface area contributed by atoms with Crippen LogP contribution in [0.1, 0.15) is 27.9 Å². The molecule has 0 fully saturated rings. The van der Waals surface area contributed by atoms with Gasteiger partial charge in [-0.2, -0.15) is 0 Å². The molecule has 1 aliphatic carbocycles. The van der Waals surface area contributed by atoms with Crippen LogP contribution in [0.3, 0.4) is 0 Å². The van der Waals surface area contributed by atoms with Gasteiger partial charge in [0.25, 0.3) is 0 Å². The minimum atomic E-state index is -1.05. The Hall–Kier alpha value is -2.49. The Morgan fingerprint density at radius 1 is 1.05 bits per heavy atom. The molecule has 102 valence electrons. The fourth-order valence-electron chi connectivity index (χ4n) is 2.53. The molecule has 0 heterocycles. The Kier molecular flexibility index (Phi) is 3.06. The second-order valence-electron chi connectivity index (χ2n) is 4.94. The summed E-state index contributed by atoms with van der Waals surface area (Å²) in [5.41, 5.74) is 8.61. The highest BCUT2D eigenvalue weighted by molar-refractivity contribution is 5.94. The van der Waals surface area contributed by atoms with Crippen LogP contribution in [-0.4, -0.2) is 11.1 Å². The number of fused-ring (bicyclic) bond motifs is 1. The second kappa shape index (κ2) is 4.89. The SMILES string of the molecule is Nc1ccc(Oc2ccc3c(c2)CCC3)cc1C(=O)O. The van der Waals surface area contributed by atoms with E-state index in [2.05, 4.69) is 6.07 Å². The number of ether oxygens (including phenoxy) is 1. The summed E-state index contributed by atoms with van der Waals surface area (Å²) in [7, 11) is 0. The van der Waals surface area contributed by atoms with Gasteiger partial charge in [0.15, 0.2) is 0 Å². The predicted molar refractivity (Wildman–Crippen MR) is 76.4 cm³/mol. The van der Waals surface area contributed by atoms with E-state index in [1.165, 1.54) is 23.6 Å². The minimum Gasteiger partial charge on any atom is -0.478 e. The number of benzene rings is 2. The van der Waals surface area contributed by atoms with Crippen molar-refractivity contribution in [1.29, 1.82) is 0 Å². The first-order valence-electron chi connectivity index (χ1n) is 6.56. The standard InChI is InChI=1S/C16H15NO3/c17-15-7-6-13(9-14(15)16(18)19)20-12-5-4-10-2-1-3-11(10)8-12/h4-9H,1-3,17H2,(H,18,19). The topological polar surface area (TPSA) is 72.5 Å².